The number of nitrogens with one attached hydrogen (secondary N) is 1. The van der Waals surface area contributed by atoms with Crippen LogP contribution in [0, 0.1) is 0 Å². The molecular weight excluding hydrogens is 346 g/mol. The van der Waals surface area contributed by atoms with Gasteiger partial charge in [-0.1, -0.05) is 12.1 Å². The smallest absolute Gasteiger partial charge is 0.398 e. The molecule has 0 aliphatic heterocycles. The maximum Gasteiger partial charge on any atom is 0.398 e. The summed E-state index contributed by atoms with van der Waals surface area (Å²) in [6, 6.07) is 7.02. The third kappa shape index (κ3) is 3.58. The highest BCUT2D eigenvalue weighted by Crippen LogP contribution is 2.25. The standard InChI is InChI=1S/C8H8IN2O4P/c9-7(8(12)14-13)11-10-5-3-1-2-4-6(5)15-16/h1-4,10,13H,16H2/b11-7-. The van der Waals surface area contributed by atoms with Crippen LogP contribution in [0.25, 0.3) is 0 Å². The summed E-state index contributed by atoms with van der Waals surface area (Å²) < 4.78 is 4.94. The van der Waals surface area contributed by atoms with E-state index in [0.29, 0.717) is 11.4 Å². The van der Waals surface area contributed by atoms with E-state index in [9.17, 15) is 4.79 Å². The van der Waals surface area contributed by atoms with Crippen molar-refractivity contribution < 1.29 is 19.5 Å². The summed E-state index contributed by atoms with van der Waals surface area (Å²) in [4.78, 5) is 14.3. The lowest BCUT2D eigenvalue weighted by Crippen LogP contribution is -2.10. The van der Waals surface area contributed by atoms with Crippen molar-refractivity contribution in [2.45, 2.75) is 0 Å². The maximum atomic E-state index is 10.8. The number of hydrazone groups is 1. The van der Waals surface area contributed by atoms with Gasteiger partial charge in [-0.2, -0.15) is 10.4 Å². The van der Waals surface area contributed by atoms with Gasteiger partial charge in [-0.3, -0.25) is 10.3 Å². The third-order valence-electron chi connectivity index (χ3n) is 1.54. The van der Waals surface area contributed by atoms with Crippen molar-refractivity contribution >= 4 is 47.4 Å². The molecule has 0 aliphatic carbocycles. The van der Waals surface area contributed by atoms with Gasteiger partial charge in [-0.05, 0) is 34.7 Å². The summed E-state index contributed by atoms with van der Waals surface area (Å²) in [7, 11) is 2.11. The van der Waals surface area contributed by atoms with Crippen molar-refractivity contribution in [3.63, 3.8) is 0 Å². The average Bonchev–Trinajstić information content (AvgIpc) is 2.35. The van der Waals surface area contributed by atoms with Crippen molar-refractivity contribution in [1.82, 2.24) is 0 Å². The summed E-state index contributed by atoms with van der Waals surface area (Å²) in [5, 5.41) is 11.8. The molecule has 16 heavy (non-hydrogen) atoms. The summed E-state index contributed by atoms with van der Waals surface area (Å²) in [6.45, 7) is 0. The van der Waals surface area contributed by atoms with Crippen molar-refractivity contribution in [2.75, 3.05) is 5.43 Å². The summed E-state index contributed by atoms with van der Waals surface area (Å²) in [6.07, 6.45) is 0. The first-order chi connectivity index (χ1) is 7.69. The minimum Gasteiger partial charge on any atom is -0.478 e. The Morgan fingerprint density at radius 1 is 1.50 bits per heavy atom. The number of hydrogen-bond acceptors (Lipinski definition) is 6. The lowest BCUT2D eigenvalue weighted by Gasteiger charge is -2.06. The van der Waals surface area contributed by atoms with Crippen LogP contribution < -0.4 is 9.95 Å². The second kappa shape index (κ2) is 6.62. The van der Waals surface area contributed by atoms with Crippen LogP contribution in [0.5, 0.6) is 5.75 Å². The Morgan fingerprint density at radius 3 is 2.81 bits per heavy atom. The van der Waals surface area contributed by atoms with Crippen molar-refractivity contribution in [2.24, 2.45) is 5.10 Å². The van der Waals surface area contributed by atoms with E-state index in [1.54, 1.807) is 46.9 Å². The van der Waals surface area contributed by atoms with Crippen LogP contribution in [-0.2, 0) is 9.68 Å². The number of carbonyl (C=O) groups is 1. The van der Waals surface area contributed by atoms with Crippen molar-refractivity contribution in [3.05, 3.63) is 24.3 Å². The molecule has 0 saturated carbocycles. The fourth-order valence-corrected chi connectivity index (χ4v) is 1.28. The van der Waals surface area contributed by atoms with E-state index in [2.05, 4.69) is 24.9 Å². The molecule has 0 spiro atoms. The molecule has 0 saturated heterocycles. The van der Waals surface area contributed by atoms with Gasteiger partial charge in [0, 0.05) is 0 Å². The molecule has 6 nitrogen and oxygen atoms in total. The Hall–Kier alpha value is -0.920. The zero-order valence-electron chi connectivity index (χ0n) is 7.88. The largest absolute Gasteiger partial charge is 0.478 e. The van der Waals surface area contributed by atoms with Crippen molar-refractivity contribution in [3.8, 4) is 5.75 Å². The van der Waals surface area contributed by atoms with Crippen LogP contribution in [0.4, 0.5) is 5.69 Å². The summed E-state index contributed by atoms with van der Waals surface area (Å²) in [5.41, 5.74) is 3.19. The molecule has 1 aromatic rings. The van der Waals surface area contributed by atoms with Gasteiger partial charge in [0.2, 0.25) is 3.72 Å². The normalized spacial score (nSPS) is 10.8. The first-order valence-corrected chi connectivity index (χ1v) is 5.54. The minimum atomic E-state index is -0.933. The molecular formula is C8H8IN2O4P. The second-order valence-electron chi connectivity index (χ2n) is 2.51. The van der Waals surface area contributed by atoms with Gasteiger partial charge < -0.3 is 4.52 Å². The number of para-hydroxylation sites is 2. The molecule has 0 amide bonds. The highest BCUT2D eigenvalue weighted by atomic mass is 127. The molecule has 0 heterocycles. The number of nitrogens with zero attached hydrogens (tertiary/aromatic N) is 1. The molecule has 0 bridgehead atoms. The SMILES string of the molecule is O=C(OO)/C(I)=N/Nc1ccccc1OP. The topological polar surface area (TPSA) is 80.2 Å². The van der Waals surface area contributed by atoms with E-state index in [1.165, 1.54) is 0 Å². The van der Waals surface area contributed by atoms with Gasteiger partial charge in [0.25, 0.3) is 0 Å². The number of carbonyl (C=O) groups excluding carboxylic acids is 1. The third-order valence-corrected chi connectivity index (χ3v) is 2.48. The first kappa shape index (κ1) is 13.1. The molecule has 1 atom stereocenters. The van der Waals surface area contributed by atoms with Crippen LogP contribution in [0.15, 0.2) is 29.4 Å². The van der Waals surface area contributed by atoms with Crippen LogP contribution in [0.3, 0.4) is 0 Å². The van der Waals surface area contributed by atoms with Gasteiger partial charge in [0.05, 0.1) is 15.2 Å². The Morgan fingerprint density at radius 2 is 2.19 bits per heavy atom. The molecule has 1 rings (SSSR count). The molecule has 86 valence electrons. The van der Waals surface area contributed by atoms with Gasteiger partial charge in [-0.15, -0.1) is 0 Å². The highest BCUT2D eigenvalue weighted by molar-refractivity contribution is 14.1. The van der Waals surface area contributed by atoms with E-state index in [-0.39, 0.29) is 3.72 Å². The quantitative estimate of drug-likeness (QED) is 0.284. The van der Waals surface area contributed by atoms with Crippen LogP contribution in [0.2, 0.25) is 0 Å². The number of benzene rings is 1. The molecule has 0 fully saturated rings. The Labute approximate surface area is 107 Å². The van der Waals surface area contributed by atoms with Crippen LogP contribution in [0.1, 0.15) is 0 Å². The molecule has 0 aliphatic rings. The minimum absolute atomic E-state index is 0.0429. The van der Waals surface area contributed by atoms with Gasteiger partial charge in [0.1, 0.15) is 5.75 Å². The molecule has 0 radical (unpaired) electrons. The van der Waals surface area contributed by atoms with Crippen molar-refractivity contribution in [1.29, 1.82) is 0 Å². The Balaban J connectivity index is 2.77. The fraction of sp³-hybridized carbons (Fsp3) is 0. The zero-order valence-corrected chi connectivity index (χ0v) is 11.2. The highest BCUT2D eigenvalue weighted by Gasteiger charge is 2.09. The van der Waals surface area contributed by atoms with Gasteiger partial charge >= 0.3 is 5.97 Å². The second-order valence-corrected chi connectivity index (χ2v) is 3.76. The average molecular weight is 354 g/mol. The number of rotatable bonds is 4. The van der Waals surface area contributed by atoms with Gasteiger partial charge in [0.15, 0.2) is 0 Å². The molecule has 1 unspecified atom stereocenters. The molecule has 1 aromatic carbocycles. The predicted octanol–water partition coefficient (Wildman–Crippen LogP) is 2.03. The summed E-state index contributed by atoms with van der Waals surface area (Å²) >= 11 is 1.63. The van der Waals surface area contributed by atoms with Gasteiger partial charge in [-0.25, -0.2) is 4.79 Å². The van der Waals surface area contributed by atoms with Crippen LogP contribution in [-0.4, -0.2) is 14.9 Å². The van der Waals surface area contributed by atoms with E-state index in [0.717, 1.165) is 0 Å². The maximum absolute atomic E-state index is 10.8. The predicted molar refractivity (Wildman–Crippen MR) is 70.6 cm³/mol. The molecule has 8 heteroatoms. The van der Waals surface area contributed by atoms with Crippen LogP contribution >= 0.6 is 32.1 Å². The lowest BCUT2D eigenvalue weighted by atomic mass is 10.3. The number of anilines is 1. The zero-order chi connectivity index (χ0) is 12.0. The summed E-state index contributed by atoms with van der Waals surface area (Å²) in [5.74, 6) is -0.379. The van der Waals surface area contributed by atoms with E-state index >= 15 is 0 Å². The first-order valence-electron chi connectivity index (χ1n) is 3.99. The van der Waals surface area contributed by atoms with E-state index in [4.69, 9.17) is 9.78 Å². The Bertz CT molecular complexity index is 413. The lowest BCUT2D eigenvalue weighted by molar-refractivity contribution is -0.225. The monoisotopic (exact) mass is 354 g/mol. The molecule has 2 N–H and O–H groups in total. The fourth-order valence-electron chi connectivity index (χ4n) is 0.854. The van der Waals surface area contributed by atoms with E-state index < -0.39 is 5.97 Å². The van der Waals surface area contributed by atoms with E-state index in [1.807, 2.05) is 0 Å². The number of halogens is 1. The Kier molecular flexibility index (Phi) is 5.44. The molecule has 0 aromatic heterocycles. The number of hydrogen-bond donors (Lipinski definition) is 2.